The molecule has 0 aromatic carbocycles. The van der Waals surface area contributed by atoms with Gasteiger partial charge in [-0.05, 0) is 53.5 Å². The SMILES string of the molecule is CN=C(NCc1ccc(-n2nc(C)cc2C)nc1)N(C)Cc1cc(Br)cn1C.I. The van der Waals surface area contributed by atoms with Gasteiger partial charge >= 0.3 is 0 Å². The molecule has 9 heteroatoms. The van der Waals surface area contributed by atoms with Gasteiger partial charge in [-0.25, -0.2) is 9.67 Å². The molecule has 0 fully saturated rings. The van der Waals surface area contributed by atoms with Gasteiger partial charge in [0.1, 0.15) is 0 Å². The summed E-state index contributed by atoms with van der Waals surface area (Å²) in [6, 6.07) is 8.21. The number of aliphatic imine (C=N–C) groups is 1. The smallest absolute Gasteiger partial charge is 0.194 e. The standard InChI is InChI=1S/C20H26BrN7.HI/c1-14-8-15(2)28(25-14)19-7-6-16(10-23-19)11-24-20(22-3)27(5)13-18-9-17(21)12-26(18)4;/h6-10,12H,11,13H2,1-5H3,(H,22,24);1H. The van der Waals surface area contributed by atoms with Crippen LogP contribution < -0.4 is 5.32 Å². The molecular weight excluding hydrogens is 545 g/mol. The second-order valence-electron chi connectivity index (χ2n) is 6.88. The number of rotatable bonds is 5. The summed E-state index contributed by atoms with van der Waals surface area (Å²) in [6.45, 7) is 5.43. The lowest BCUT2D eigenvalue weighted by Gasteiger charge is -2.22. The number of halogens is 2. The second-order valence-corrected chi connectivity index (χ2v) is 7.80. The molecule has 0 amide bonds. The van der Waals surface area contributed by atoms with Crippen molar-refractivity contribution in [3.05, 3.63) is 63.8 Å². The summed E-state index contributed by atoms with van der Waals surface area (Å²) >= 11 is 3.52. The maximum Gasteiger partial charge on any atom is 0.194 e. The van der Waals surface area contributed by atoms with Gasteiger partial charge in [-0.2, -0.15) is 5.10 Å². The van der Waals surface area contributed by atoms with E-state index in [2.05, 4.69) is 64.1 Å². The van der Waals surface area contributed by atoms with Gasteiger partial charge in [-0.3, -0.25) is 4.99 Å². The molecule has 3 aromatic heterocycles. The van der Waals surface area contributed by atoms with E-state index >= 15 is 0 Å². The Morgan fingerprint density at radius 2 is 2.03 bits per heavy atom. The first kappa shape index (κ1) is 23.4. The molecule has 0 saturated carbocycles. The Morgan fingerprint density at radius 3 is 2.55 bits per heavy atom. The molecule has 3 aromatic rings. The number of nitrogens with one attached hydrogen (secondary N) is 1. The van der Waals surface area contributed by atoms with Gasteiger partial charge in [0.2, 0.25) is 0 Å². The van der Waals surface area contributed by atoms with Crippen molar-refractivity contribution >= 4 is 45.9 Å². The average Bonchev–Trinajstić information content (AvgIpc) is 3.16. The molecule has 0 aliphatic heterocycles. The zero-order valence-electron chi connectivity index (χ0n) is 17.3. The topological polar surface area (TPSA) is 63.3 Å². The minimum Gasteiger partial charge on any atom is -0.352 e. The van der Waals surface area contributed by atoms with Crippen molar-refractivity contribution in [2.45, 2.75) is 26.9 Å². The van der Waals surface area contributed by atoms with Crippen LogP contribution in [-0.4, -0.2) is 44.3 Å². The summed E-state index contributed by atoms with van der Waals surface area (Å²) in [4.78, 5) is 11.0. The van der Waals surface area contributed by atoms with Crippen molar-refractivity contribution in [1.29, 1.82) is 0 Å². The summed E-state index contributed by atoms with van der Waals surface area (Å²) in [5.41, 5.74) is 4.35. The fraction of sp³-hybridized carbons (Fsp3) is 0.350. The molecule has 29 heavy (non-hydrogen) atoms. The number of nitrogens with zero attached hydrogens (tertiary/aromatic N) is 6. The lowest BCUT2D eigenvalue weighted by atomic mass is 10.3. The van der Waals surface area contributed by atoms with Crippen LogP contribution in [0.2, 0.25) is 0 Å². The molecule has 0 atom stereocenters. The molecule has 0 bridgehead atoms. The molecule has 0 spiro atoms. The molecule has 0 unspecified atom stereocenters. The molecule has 0 aliphatic carbocycles. The second kappa shape index (κ2) is 10.2. The van der Waals surface area contributed by atoms with Crippen LogP contribution in [0.1, 0.15) is 22.6 Å². The third kappa shape index (κ3) is 5.81. The van der Waals surface area contributed by atoms with Crippen LogP contribution in [0.3, 0.4) is 0 Å². The van der Waals surface area contributed by atoms with E-state index in [4.69, 9.17) is 0 Å². The molecule has 1 N–H and O–H groups in total. The van der Waals surface area contributed by atoms with E-state index in [9.17, 15) is 0 Å². The number of hydrogen-bond donors (Lipinski definition) is 1. The van der Waals surface area contributed by atoms with Crippen LogP contribution in [0.5, 0.6) is 0 Å². The van der Waals surface area contributed by atoms with Gasteiger partial charge in [0.05, 0.1) is 12.2 Å². The van der Waals surface area contributed by atoms with Crippen LogP contribution in [0, 0.1) is 13.8 Å². The summed E-state index contributed by atoms with van der Waals surface area (Å²) in [6.07, 6.45) is 3.93. The van der Waals surface area contributed by atoms with E-state index in [0.29, 0.717) is 6.54 Å². The minimum atomic E-state index is 0. The highest BCUT2D eigenvalue weighted by Crippen LogP contribution is 2.15. The van der Waals surface area contributed by atoms with E-state index in [1.807, 2.05) is 51.0 Å². The predicted octanol–water partition coefficient (Wildman–Crippen LogP) is 3.81. The van der Waals surface area contributed by atoms with Crippen molar-refractivity contribution in [1.82, 2.24) is 29.5 Å². The minimum absolute atomic E-state index is 0. The van der Waals surface area contributed by atoms with Crippen LogP contribution in [-0.2, 0) is 20.1 Å². The predicted molar refractivity (Wildman–Crippen MR) is 131 cm³/mol. The van der Waals surface area contributed by atoms with Crippen molar-refractivity contribution in [3.63, 3.8) is 0 Å². The van der Waals surface area contributed by atoms with Gasteiger partial charge in [-0.1, -0.05) is 6.07 Å². The van der Waals surface area contributed by atoms with Gasteiger partial charge in [0.25, 0.3) is 0 Å². The van der Waals surface area contributed by atoms with E-state index in [1.165, 1.54) is 5.69 Å². The van der Waals surface area contributed by atoms with Crippen LogP contribution in [0.15, 0.2) is 46.1 Å². The lowest BCUT2D eigenvalue weighted by molar-refractivity contribution is 0.461. The van der Waals surface area contributed by atoms with E-state index in [1.54, 1.807) is 7.05 Å². The quantitative estimate of drug-likeness (QED) is 0.287. The van der Waals surface area contributed by atoms with Gasteiger partial charge in [0, 0.05) is 55.9 Å². The number of aromatic nitrogens is 4. The Hall–Kier alpha value is -1.88. The van der Waals surface area contributed by atoms with Gasteiger partial charge < -0.3 is 14.8 Å². The zero-order chi connectivity index (χ0) is 20.3. The first-order valence-corrected chi connectivity index (χ1v) is 9.87. The Bertz CT molecular complexity index is 975. The first-order chi connectivity index (χ1) is 13.4. The molecule has 3 rings (SSSR count). The molecular formula is C20H27BrIN7. The summed E-state index contributed by atoms with van der Waals surface area (Å²) < 4.78 is 5.04. The van der Waals surface area contributed by atoms with E-state index in [0.717, 1.165) is 39.7 Å². The van der Waals surface area contributed by atoms with Crippen molar-refractivity contribution in [3.8, 4) is 5.82 Å². The van der Waals surface area contributed by atoms with Gasteiger partial charge in [-0.15, -0.1) is 24.0 Å². The Kier molecular flexibility index (Phi) is 8.26. The largest absolute Gasteiger partial charge is 0.352 e. The molecule has 0 radical (unpaired) electrons. The highest BCUT2D eigenvalue weighted by atomic mass is 127. The summed E-state index contributed by atoms with van der Waals surface area (Å²) in [5, 5.41) is 7.88. The summed E-state index contributed by atoms with van der Waals surface area (Å²) in [5.74, 6) is 1.66. The Balaban J connectivity index is 0.00000300. The maximum atomic E-state index is 4.55. The number of guanidine groups is 1. The van der Waals surface area contributed by atoms with Crippen molar-refractivity contribution in [2.24, 2.45) is 12.0 Å². The maximum absolute atomic E-state index is 4.55. The molecule has 7 nitrogen and oxygen atoms in total. The highest BCUT2D eigenvalue weighted by Gasteiger charge is 2.10. The third-order valence-corrected chi connectivity index (χ3v) is 4.97. The molecule has 0 saturated heterocycles. The zero-order valence-corrected chi connectivity index (χ0v) is 21.3. The average molecular weight is 572 g/mol. The number of hydrogen-bond acceptors (Lipinski definition) is 3. The number of pyridine rings is 1. The van der Waals surface area contributed by atoms with Crippen LogP contribution in [0.4, 0.5) is 0 Å². The lowest BCUT2D eigenvalue weighted by Crippen LogP contribution is -2.38. The van der Waals surface area contributed by atoms with Crippen LogP contribution >= 0.6 is 39.9 Å². The third-order valence-electron chi connectivity index (χ3n) is 4.53. The molecule has 156 valence electrons. The fourth-order valence-electron chi connectivity index (χ4n) is 3.11. The highest BCUT2D eigenvalue weighted by molar-refractivity contribution is 14.0. The van der Waals surface area contributed by atoms with Crippen molar-refractivity contribution < 1.29 is 0 Å². The van der Waals surface area contributed by atoms with Crippen molar-refractivity contribution in [2.75, 3.05) is 14.1 Å². The monoisotopic (exact) mass is 571 g/mol. The Labute approximate surface area is 197 Å². The van der Waals surface area contributed by atoms with E-state index in [-0.39, 0.29) is 24.0 Å². The van der Waals surface area contributed by atoms with Gasteiger partial charge in [0.15, 0.2) is 11.8 Å². The fourth-order valence-corrected chi connectivity index (χ4v) is 3.69. The number of aryl methyl sites for hydroxylation is 3. The summed E-state index contributed by atoms with van der Waals surface area (Å²) in [7, 11) is 5.87. The molecule has 3 heterocycles. The van der Waals surface area contributed by atoms with E-state index < -0.39 is 0 Å². The normalized spacial score (nSPS) is 11.3. The first-order valence-electron chi connectivity index (χ1n) is 9.08. The molecule has 0 aliphatic rings. The van der Waals surface area contributed by atoms with Crippen LogP contribution in [0.25, 0.3) is 5.82 Å². The Morgan fingerprint density at radius 1 is 1.28 bits per heavy atom.